The Kier molecular flexibility index (Phi) is 3.09. The summed E-state index contributed by atoms with van der Waals surface area (Å²) >= 11 is 0. The monoisotopic (exact) mass is 172 g/mol. The molecule has 12 heavy (non-hydrogen) atoms. The minimum Gasteiger partial charge on any atom is -0.387 e. The molecule has 0 amide bonds. The standard InChI is InChI=1S/C9H20N2O/c1-3-11-7(2)9(12,6-10)8-4-5-8/h7-8,11-12H,3-6,10H2,1-2H3. The highest BCUT2D eigenvalue weighted by Gasteiger charge is 2.46. The van der Waals surface area contributed by atoms with E-state index in [2.05, 4.69) is 5.32 Å². The number of likely N-dealkylation sites (N-methyl/N-ethyl adjacent to an activating group) is 1. The first-order valence-corrected chi connectivity index (χ1v) is 4.81. The van der Waals surface area contributed by atoms with E-state index >= 15 is 0 Å². The lowest BCUT2D eigenvalue weighted by Gasteiger charge is -2.33. The predicted molar refractivity (Wildman–Crippen MR) is 49.9 cm³/mol. The number of aliphatic hydroxyl groups is 1. The Morgan fingerprint density at radius 1 is 1.67 bits per heavy atom. The molecule has 0 saturated heterocycles. The van der Waals surface area contributed by atoms with Gasteiger partial charge >= 0.3 is 0 Å². The van der Waals surface area contributed by atoms with Crippen LogP contribution in [0.15, 0.2) is 0 Å². The van der Waals surface area contributed by atoms with Crippen LogP contribution in [-0.4, -0.2) is 29.8 Å². The summed E-state index contributed by atoms with van der Waals surface area (Å²) in [5.74, 6) is 0.427. The molecule has 2 atom stereocenters. The molecular weight excluding hydrogens is 152 g/mol. The second kappa shape index (κ2) is 3.73. The molecule has 0 aliphatic heterocycles. The molecule has 0 radical (unpaired) electrons. The van der Waals surface area contributed by atoms with E-state index in [4.69, 9.17) is 5.73 Å². The van der Waals surface area contributed by atoms with Crippen molar-refractivity contribution < 1.29 is 5.11 Å². The SMILES string of the molecule is CCNC(C)C(O)(CN)C1CC1. The number of hydrogen-bond acceptors (Lipinski definition) is 3. The van der Waals surface area contributed by atoms with E-state index in [1.54, 1.807) is 0 Å². The summed E-state index contributed by atoms with van der Waals surface area (Å²) in [7, 11) is 0. The fourth-order valence-electron chi connectivity index (χ4n) is 1.76. The van der Waals surface area contributed by atoms with Crippen molar-refractivity contribution in [2.75, 3.05) is 13.1 Å². The maximum atomic E-state index is 10.2. The summed E-state index contributed by atoms with van der Waals surface area (Å²) in [6.07, 6.45) is 2.26. The van der Waals surface area contributed by atoms with Crippen LogP contribution in [0.1, 0.15) is 26.7 Å². The van der Waals surface area contributed by atoms with Crippen LogP contribution < -0.4 is 11.1 Å². The molecule has 72 valence electrons. The quantitative estimate of drug-likeness (QED) is 0.550. The summed E-state index contributed by atoms with van der Waals surface area (Å²) in [6.45, 7) is 5.30. The number of nitrogens with one attached hydrogen (secondary N) is 1. The molecule has 4 N–H and O–H groups in total. The van der Waals surface area contributed by atoms with E-state index in [0.717, 1.165) is 19.4 Å². The molecule has 2 unspecified atom stereocenters. The lowest BCUT2D eigenvalue weighted by Crippen LogP contribution is -2.55. The van der Waals surface area contributed by atoms with Crippen molar-refractivity contribution in [3.63, 3.8) is 0 Å². The zero-order valence-corrected chi connectivity index (χ0v) is 8.01. The molecule has 3 nitrogen and oxygen atoms in total. The first-order chi connectivity index (χ1) is 5.65. The summed E-state index contributed by atoms with van der Waals surface area (Å²) in [4.78, 5) is 0. The molecule has 0 aromatic heterocycles. The Morgan fingerprint density at radius 2 is 2.25 bits per heavy atom. The molecule has 0 bridgehead atoms. The van der Waals surface area contributed by atoms with Crippen LogP contribution in [0.3, 0.4) is 0 Å². The van der Waals surface area contributed by atoms with Gasteiger partial charge < -0.3 is 16.2 Å². The van der Waals surface area contributed by atoms with E-state index in [-0.39, 0.29) is 6.04 Å². The van der Waals surface area contributed by atoms with Gasteiger partial charge in [-0.1, -0.05) is 6.92 Å². The first-order valence-electron chi connectivity index (χ1n) is 4.81. The molecule has 1 aliphatic carbocycles. The van der Waals surface area contributed by atoms with Crippen molar-refractivity contribution >= 4 is 0 Å². The largest absolute Gasteiger partial charge is 0.387 e. The summed E-state index contributed by atoms with van der Waals surface area (Å²) < 4.78 is 0. The van der Waals surface area contributed by atoms with E-state index in [9.17, 15) is 5.11 Å². The van der Waals surface area contributed by atoms with Crippen LogP contribution in [0, 0.1) is 5.92 Å². The number of hydrogen-bond donors (Lipinski definition) is 3. The first kappa shape index (κ1) is 9.96. The van der Waals surface area contributed by atoms with E-state index in [0.29, 0.717) is 12.5 Å². The van der Waals surface area contributed by atoms with Gasteiger partial charge in [0, 0.05) is 12.6 Å². The molecule has 1 fully saturated rings. The van der Waals surface area contributed by atoms with Crippen LogP contribution in [0.4, 0.5) is 0 Å². The lowest BCUT2D eigenvalue weighted by atomic mass is 9.90. The van der Waals surface area contributed by atoms with Gasteiger partial charge in [0.2, 0.25) is 0 Å². The molecule has 0 heterocycles. The predicted octanol–water partition coefficient (Wildman–Crippen LogP) is 0.0842. The van der Waals surface area contributed by atoms with Gasteiger partial charge in [-0.2, -0.15) is 0 Å². The number of rotatable bonds is 5. The average molecular weight is 172 g/mol. The van der Waals surface area contributed by atoms with E-state index in [1.807, 2.05) is 13.8 Å². The van der Waals surface area contributed by atoms with Crippen LogP contribution in [0.2, 0.25) is 0 Å². The van der Waals surface area contributed by atoms with Gasteiger partial charge in [-0.15, -0.1) is 0 Å². The highest BCUT2D eigenvalue weighted by atomic mass is 16.3. The van der Waals surface area contributed by atoms with Crippen molar-refractivity contribution in [3.8, 4) is 0 Å². The second-order valence-electron chi connectivity index (χ2n) is 3.75. The van der Waals surface area contributed by atoms with Crippen molar-refractivity contribution in [1.29, 1.82) is 0 Å². The Balaban J connectivity index is 2.51. The Labute approximate surface area is 74.3 Å². The van der Waals surface area contributed by atoms with Crippen molar-refractivity contribution in [3.05, 3.63) is 0 Å². The van der Waals surface area contributed by atoms with Crippen LogP contribution >= 0.6 is 0 Å². The lowest BCUT2D eigenvalue weighted by molar-refractivity contribution is -0.00491. The summed E-state index contributed by atoms with van der Waals surface area (Å²) in [5.41, 5.74) is 4.92. The van der Waals surface area contributed by atoms with Gasteiger partial charge in [0.05, 0.1) is 5.60 Å². The molecule has 0 aromatic carbocycles. The third-order valence-corrected chi connectivity index (χ3v) is 2.87. The van der Waals surface area contributed by atoms with E-state index < -0.39 is 5.60 Å². The Bertz CT molecular complexity index is 147. The minimum absolute atomic E-state index is 0.111. The summed E-state index contributed by atoms with van der Waals surface area (Å²) in [6, 6.07) is 0.111. The molecule has 0 spiro atoms. The number of nitrogens with two attached hydrogens (primary N) is 1. The average Bonchev–Trinajstić information content (AvgIpc) is 2.86. The highest BCUT2D eigenvalue weighted by Crippen LogP contribution is 2.40. The smallest absolute Gasteiger partial charge is 0.0946 e. The van der Waals surface area contributed by atoms with Crippen LogP contribution in [0.5, 0.6) is 0 Å². The fraction of sp³-hybridized carbons (Fsp3) is 1.00. The normalized spacial score (nSPS) is 25.0. The Hall–Kier alpha value is -0.120. The molecule has 1 aliphatic rings. The fourth-order valence-corrected chi connectivity index (χ4v) is 1.76. The second-order valence-corrected chi connectivity index (χ2v) is 3.75. The Morgan fingerprint density at radius 3 is 2.58 bits per heavy atom. The maximum absolute atomic E-state index is 10.2. The van der Waals surface area contributed by atoms with E-state index in [1.165, 1.54) is 0 Å². The highest BCUT2D eigenvalue weighted by molar-refractivity contribution is 5.01. The molecule has 3 heteroatoms. The zero-order chi connectivity index (χ0) is 9.19. The third kappa shape index (κ3) is 1.79. The van der Waals surface area contributed by atoms with Crippen LogP contribution in [0.25, 0.3) is 0 Å². The third-order valence-electron chi connectivity index (χ3n) is 2.87. The minimum atomic E-state index is -0.671. The molecule has 1 rings (SSSR count). The maximum Gasteiger partial charge on any atom is 0.0946 e. The van der Waals surface area contributed by atoms with Crippen molar-refractivity contribution in [2.45, 2.75) is 38.3 Å². The van der Waals surface area contributed by atoms with Crippen molar-refractivity contribution in [2.24, 2.45) is 11.7 Å². The zero-order valence-electron chi connectivity index (χ0n) is 8.01. The van der Waals surface area contributed by atoms with Gasteiger partial charge in [-0.3, -0.25) is 0 Å². The van der Waals surface area contributed by atoms with Gasteiger partial charge in [-0.05, 0) is 32.2 Å². The van der Waals surface area contributed by atoms with Crippen molar-refractivity contribution in [1.82, 2.24) is 5.32 Å². The van der Waals surface area contributed by atoms with Gasteiger partial charge in [0.15, 0.2) is 0 Å². The molecule has 1 saturated carbocycles. The van der Waals surface area contributed by atoms with Crippen LogP contribution in [-0.2, 0) is 0 Å². The van der Waals surface area contributed by atoms with Gasteiger partial charge in [0.1, 0.15) is 0 Å². The van der Waals surface area contributed by atoms with Gasteiger partial charge in [-0.25, -0.2) is 0 Å². The molecular formula is C9H20N2O. The molecule has 0 aromatic rings. The van der Waals surface area contributed by atoms with Gasteiger partial charge in [0.25, 0.3) is 0 Å². The topological polar surface area (TPSA) is 58.3 Å². The summed E-state index contributed by atoms with van der Waals surface area (Å²) in [5, 5.41) is 13.4.